The first-order valence-corrected chi connectivity index (χ1v) is 24.8. The van der Waals surface area contributed by atoms with Gasteiger partial charge in [0.05, 0.1) is 16.7 Å². The Labute approximate surface area is 412 Å². The lowest BCUT2D eigenvalue weighted by Crippen LogP contribution is -2.17. The van der Waals surface area contributed by atoms with E-state index in [1.807, 2.05) is 0 Å². The van der Waals surface area contributed by atoms with Gasteiger partial charge in [-0.2, -0.15) is 0 Å². The van der Waals surface area contributed by atoms with Gasteiger partial charge in [0.15, 0.2) is 0 Å². The van der Waals surface area contributed by atoms with Gasteiger partial charge in [0, 0.05) is 61.8 Å². The zero-order valence-corrected chi connectivity index (χ0v) is 40.6. The summed E-state index contributed by atoms with van der Waals surface area (Å²) in [6.07, 6.45) is 9.91. The van der Waals surface area contributed by atoms with Crippen molar-refractivity contribution < 1.29 is 0 Å². The first kappa shape index (κ1) is 43.2. The summed E-state index contributed by atoms with van der Waals surface area (Å²) in [5, 5.41) is 2.45. The molecule has 3 heteroatoms. The largest absolute Gasteiger partial charge is 0.310 e. The van der Waals surface area contributed by atoms with Crippen molar-refractivity contribution in [3.63, 3.8) is 0 Å². The van der Waals surface area contributed by atoms with Crippen LogP contribution in [-0.2, 0) is 10.8 Å². The Bertz CT molecular complexity index is 3620. The molecule has 0 aliphatic heterocycles. The summed E-state index contributed by atoms with van der Waals surface area (Å²) in [5.74, 6) is 0.368. The molecule has 2 aliphatic carbocycles. The van der Waals surface area contributed by atoms with Gasteiger partial charge in [0.25, 0.3) is 0 Å². The Balaban J connectivity index is 1.08. The van der Waals surface area contributed by atoms with Gasteiger partial charge in [-0.3, -0.25) is 0 Å². The second kappa shape index (κ2) is 17.1. The van der Waals surface area contributed by atoms with Crippen LogP contribution in [0, 0.1) is 0 Å². The third-order valence-corrected chi connectivity index (χ3v) is 14.9. The molecular weight excluding hydrogens is 847 g/mol. The van der Waals surface area contributed by atoms with E-state index < -0.39 is 0 Å². The van der Waals surface area contributed by atoms with E-state index in [9.17, 15) is 0 Å². The topological polar surface area (TPSA) is 11.4 Å². The van der Waals surface area contributed by atoms with Crippen LogP contribution in [0.25, 0.3) is 49.7 Å². The molecule has 3 nitrogen and oxygen atoms in total. The normalized spacial score (nSPS) is 14.7. The van der Waals surface area contributed by atoms with Crippen molar-refractivity contribution in [1.29, 1.82) is 0 Å². The van der Waals surface area contributed by atoms with E-state index in [2.05, 4.69) is 286 Å². The maximum Gasteiger partial charge on any atom is 0.0541 e. The zero-order valence-electron chi connectivity index (χ0n) is 40.6. The summed E-state index contributed by atoms with van der Waals surface area (Å²) in [7, 11) is 0. The molecule has 1 aromatic heterocycles. The molecule has 0 saturated carbocycles. The average Bonchev–Trinajstić information content (AvgIpc) is 3.85. The summed E-state index contributed by atoms with van der Waals surface area (Å²) in [4.78, 5) is 4.87. The van der Waals surface area contributed by atoms with Crippen LogP contribution in [0.4, 0.5) is 34.1 Å². The molecule has 0 amide bonds. The molecule has 1 unspecified atom stereocenters. The van der Waals surface area contributed by atoms with Gasteiger partial charge in [-0.1, -0.05) is 174 Å². The number of fused-ring (bicyclic) bond motifs is 6. The van der Waals surface area contributed by atoms with Gasteiger partial charge in [-0.15, -0.1) is 0 Å². The molecule has 0 spiro atoms. The van der Waals surface area contributed by atoms with Gasteiger partial charge in [0.2, 0.25) is 0 Å². The van der Waals surface area contributed by atoms with E-state index in [0.717, 1.165) is 57.4 Å². The molecule has 1 heterocycles. The first-order valence-electron chi connectivity index (χ1n) is 24.8. The summed E-state index contributed by atoms with van der Waals surface area (Å²) in [6.45, 7) is 11.6. The minimum atomic E-state index is -0.141. The molecule has 0 N–H and O–H groups in total. The van der Waals surface area contributed by atoms with Crippen molar-refractivity contribution >= 4 is 55.9 Å². The van der Waals surface area contributed by atoms with Crippen molar-refractivity contribution in [3.05, 3.63) is 259 Å². The number of benzene rings is 9. The highest BCUT2D eigenvalue weighted by Gasteiger charge is 2.36. The molecule has 340 valence electrons. The first-order chi connectivity index (χ1) is 34.1. The highest BCUT2D eigenvalue weighted by Crippen LogP contribution is 2.52. The van der Waals surface area contributed by atoms with Crippen LogP contribution in [0.1, 0.15) is 69.2 Å². The van der Waals surface area contributed by atoms with Gasteiger partial charge in [-0.25, -0.2) is 0 Å². The third-order valence-electron chi connectivity index (χ3n) is 14.9. The molecule has 0 saturated heterocycles. The van der Waals surface area contributed by atoms with Crippen LogP contribution >= 0.6 is 0 Å². The van der Waals surface area contributed by atoms with Crippen molar-refractivity contribution in [2.45, 2.75) is 57.8 Å². The Kier molecular flexibility index (Phi) is 10.6. The lowest BCUT2D eigenvalue weighted by atomic mass is 9.82. The number of nitrogens with zero attached hydrogens (tertiary/aromatic N) is 3. The number of para-hydroxylation sites is 3. The minimum absolute atomic E-state index is 0.0690. The minimum Gasteiger partial charge on any atom is -0.310 e. The smallest absolute Gasteiger partial charge is 0.0541 e. The van der Waals surface area contributed by atoms with Gasteiger partial charge < -0.3 is 14.4 Å². The Hall–Kier alpha value is -8.14. The molecule has 70 heavy (non-hydrogen) atoms. The predicted octanol–water partition coefficient (Wildman–Crippen LogP) is 18.6. The van der Waals surface area contributed by atoms with Crippen LogP contribution in [0.5, 0.6) is 0 Å². The van der Waals surface area contributed by atoms with Crippen LogP contribution < -0.4 is 9.80 Å². The second-order valence-corrected chi connectivity index (χ2v) is 20.6. The molecular formula is C67H57N3. The van der Waals surface area contributed by atoms with E-state index in [1.54, 1.807) is 0 Å². The molecule has 9 aromatic carbocycles. The number of aromatic nitrogens is 1. The second-order valence-electron chi connectivity index (χ2n) is 20.6. The van der Waals surface area contributed by atoms with E-state index in [0.29, 0.717) is 5.92 Å². The van der Waals surface area contributed by atoms with Crippen LogP contribution in [0.15, 0.2) is 237 Å². The Morgan fingerprint density at radius 1 is 0.471 bits per heavy atom. The third kappa shape index (κ3) is 7.45. The fourth-order valence-electron chi connectivity index (χ4n) is 11.2. The summed E-state index contributed by atoms with van der Waals surface area (Å²) in [5.41, 5.74) is 20.4. The van der Waals surface area contributed by atoms with Gasteiger partial charge >= 0.3 is 0 Å². The molecule has 10 aromatic rings. The number of hydrogen-bond acceptors (Lipinski definition) is 2. The van der Waals surface area contributed by atoms with E-state index in [1.165, 1.54) is 55.2 Å². The van der Waals surface area contributed by atoms with E-state index >= 15 is 0 Å². The average molecular weight is 904 g/mol. The van der Waals surface area contributed by atoms with Crippen molar-refractivity contribution in [2.24, 2.45) is 0 Å². The Morgan fingerprint density at radius 2 is 1.09 bits per heavy atom. The number of hydrogen-bond donors (Lipinski definition) is 0. The fraction of sp³-hybridized carbons (Fsp3) is 0.134. The van der Waals surface area contributed by atoms with Gasteiger partial charge in [0.1, 0.15) is 0 Å². The fourth-order valence-corrected chi connectivity index (χ4v) is 11.2. The van der Waals surface area contributed by atoms with E-state index in [4.69, 9.17) is 0 Å². The summed E-state index contributed by atoms with van der Waals surface area (Å²) >= 11 is 0. The standard InChI is InChI=1S/C67H57N3/c1-66(2,3)49-32-36-53(37-33-49)70-63-28-18-16-26-58(63)60-43-48(31-41-65(60)70)59-44-54(39-42-64(59)69(51-23-13-8-14-24-51)52-34-29-47(30-35-52)46-19-9-6-10-20-46)68(50-21-11-7-12-22-50)55-38-40-57-56-25-15-17-27-61(56)67(4,5)62(57)45-55/h6-19,21-46H,20H2,1-5H3. The summed E-state index contributed by atoms with van der Waals surface area (Å²) in [6, 6.07) is 79.1. The van der Waals surface area contributed by atoms with E-state index in [-0.39, 0.29) is 10.8 Å². The molecule has 0 radical (unpaired) electrons. The monoisotopic (exact) mass is 903 g/mol. The number of allylic oxidation sites excluding steroid dienone is 4. The molecule has 0 fully saturated rings. The summed E-state index contributed by atoms with van der Waals surface area (Å²) < 4.78 is 2.43. The predicted molar refractivity (Wildman–Crippen MR) is 297 cm³/mol. The highest BCUT2D eigenvalue weighted by molar-refractivity contribution is 6.11. The highest BCUT2D eigenvalue weighted by atomic mass is 15.2. The van der Waals surface area contributed by atoms with Crippen molar-refractivity contribution in [2.75, 3.05) is 9.80 Å². The van der Waals surface area contributed by atoms with Crippen molar-refractivity contribution in [3.8, 4) is 27.9 Å². The maximum atomic E-state index is 2.44. The van der Waals surface area contributed by atoms with Crippen LogP contribution in [0.3, 0.4) is 0 Å². The lowest BCUT2D eigenvalue weighted by molar-refractivity contribution is 0.590. The molecule has 1 atom stereocenters. The maximum absolute atomic E-state index is 2.44. The van der Waals surface area contributed by atoms with Gasteiger partial charge in [-0.05, 0) is 148 Å². The van der Waals surface area contributed by atoms with Crippen molar-refractivity contribution in [1.82, 2.24) is 4.57 Å². The molecule has 12 rings (SSSR count). The lowest BCUT2D eigenvalue weighted by Gasteiger charge is -2.31. The van der Waals surface area contributed by atoms with Crippen LogP contribution in [0.2, 0.25) is 0 Å². The zero-order chi connectivity index (χ0) is 47.6. The Morgan fingerprint density at radius 3 is 1.81 bits per heavy atom. The molecule has 0 bridgehead atoms. The number of rotatable bonds is 9. The number of anilines is 6. The van der Waals surface area contributed by atoms with Crippen LogP contribution in [-0.4, -0.2) is 4.57 Å². The molecule has 2 aliphatic rings. The quantitative estimate of drug-likeness (QED) is 0.143. The SMILES string of the molecule is CC(C)(C)c1ccc(-n2c3ccccc3c3cc(-c4cc(N(c5ccccc5)c5ccc6c(c5)C(C)(C)c5ccccc5-6)ccc4N(c4ccccc4)c4ccc(C5C=CC=CC5)cc4)ccc32)cc1.